The van der Waals surface area contributed by atoms with E-state index in [1.165, 1.54) is 20.3 Å². The molecule has 0 aliphatic rings. The van der Waals surface area contributed by atoms with E-state index in [-0.39, 0.29) is 23.4 Å². The van der Waals surface area contributed by atoms with Crippen LogP contribution < -0.4 is 19.8 Å². The predicted octanol–water partition coefficient (Wildman–Crippen LogP) is 9.47. The van der Waals surface area contributed by atoms with Crippen molar-refractivity contribution in [2.75, 3.05) is 39.4 Å². The van der Waals surface area contributed by atoms with Crippen LogP contribution in [0.3, 0.4) is 0 Å². The van der Waals surface area contributed by atoms with Gasteiger partial charge in [-0.25, -0.2) is 0 Å². The molecular weight excluding hydrogens is 884 g/mol. The van der Waals surface area contributed by atoms with Crippen LogP contribution in [-0.2, 0) is 19.1 Å². The second kappa shape index (κ2) is 25.5. The Bertz CT molecular complexity index is 1650. The Morgan fingerprint density at radius 2 is 1.15 bits per heavy atom. The first-order valence-corrected chi connectivity index (χ1v) is 19.9. The van der Waals surface area contributed by atoms with Gasteiger partial charge in [-0.15, -0.1) is 0 Å². The molecule has 0 aliphatic carbocycles. The Morgan fingerprint density at radius 3 is 1.57 bits per heavy atom. The van der Waals surface area contributed by atoms with Crippen molar-refractivity contribution in [1.82, 2.24) is 10.3 Å². The van der Waals surface area contributed by atoms with Gasteiger partial charge in [-0.2, -0.15) is 5.16 Å². The molecule has 53 heavy (non-hydrogen) atoms. The molecular formula is C38H49Br3N2O10. The van der Waals surface area contributed by atoms with Crippen molar-refractivity contribution in [2.45, 2.75) is 65.2 Å². The van der Waals surface area contributed by atoms with E-state index in [0.29, 0.717) is 30.6 Å². The summed E-state index contributed by atoms with van der Waals surface area (Å²) in [4.78, 5) is 34.1. The number of unbranched alkanes of at least 4 members (excludes halogenated alkanes) is 2. The zero-order valence-corrected chi connectivity index (χ0v) is 35.7. The third kappa shape index (κ3) is 17.4. The van der Waals surface area contributed by atoms with Crippen molar-refractivity contribution in [3.63, 3.8) is 0 Å². The van der Waals surface area contributed by atoms with Crippen molar-refractivity contribution >= 4 is 59.7 Å². The highest BCUT2D eigenvalue weighted by Gasteiger charge is 2.30. The number of nitrogens with zero attached hydrogens (tertiary/aromatic N) is 1. The minimum atomic E-state index is -0.529. The number of hydrogen-bond donors (Lipinski definition) is 1. The normalized spacial score (nSPS) is 11.8. The number of aromatic amines is 1. The number of carbonyl (C=O) groups is 2. The van der Waals surface area contributed by atoms with Crippen LogP contribution in [0.5, 0.6) is 17.4 Å². The van der Waals surface area contributed by atoms with Crippen molar-refractivity contribution in [2.24, 2.45) is 11.8 Å². The molecule has 2 atom stereocenters. The number of ether oxygens (including phenoxy) is 5. The molecule has 12 nitrogen and oxygen atoms in total. The molecule has 2 unspecified atom stereocenters. The molecule has 292 valence electrons. The first-order valence-electron chi connectivity index (χ1n) is 17.2. The second-order valence-electron chi connectivity index (χ2n) is 12.2. The molecule has 0 saturated heterocycles. The van der Waals surface area contributed by atoms with Crippen molar-refractivity contribution in [3.05, 3.63) is 91.5 Å². The molecule has 1 N–H and O–H groups in total. The van der Waals surface area contributed by atoms with Crippen LogP contribution in [0.1, 0.15) is 76.7 Å². The summed E-state index contributed by atoms with van der Waals surface area (Å²) in [7, 11) is 2.67. The monoisotopic (exact) mass is 930 g/mol. The van der Waals surface area contributed by atoms with E-state index in [0.717, 1.165) is 58.1 Å². The van der Waals surface area contributed by atoms with Crippen molar-refractivity contribution < 1.29 is 42.3 Å². The number of hydrogen-bond acceptors (Lipinski definition) is 11. The van der Waals surface area contributed by atoms with Crippen LogP contribution in [0.25, 0.3) is 0 Å². The number of alkyl halides is 1. The predicted molar refractivity (Wildman–Crippen MR) is 212 cm³/mol. The van der Waals surface area contributed by atoms with E-state index in [1.807, 2.05) is 76.2 Å². The van der Waals surface area contributed by atoms with E-state index in [9.17, 15) is 14.4 Å². The van der Waals surface area contributed by atoms with Gasteiger partial charge in [0, 0.05) is 26.4 Å². The average Bonchev–Trinajstić information content (AvgIpc) is 3.78. The maximum absolute atomic E-state index is 11.9. The summed E-state index contributed by atoms with van der Waals surface area (Å²) in [5.74, 6) is 1.25. The van der Waals surface area contributed by atoms with Gasteiger partial charge in [-0.1, -0.05) is 75.5 Å². The molecule has 2 aromatic heterocycles. The van der Waals surface area contributed by atoms with Crippen LogP contribution in [0, 0.1) is 11.8 Å². The molecule has 0 spiro atoms. The molecule has 0 amide bonds. The van der Waals surface area contributed by atoms with Gasteiger partial charge < -0.3 is 32.7 Å². The number of esters is 2. The summed E-state index contributed by atoms with van der Waals surface area (Å²) in [5, 5.41) is 7.07. The number of aromatic nitrogens is 2. The van der Waals surface area contributed by atoms with Gasteiger partial charge >= 0.3 is 11.9 Å². The minimum absolute atomic E-state index is 0.0152. The van der Waals surface area contributed by atoms with Gasteiger partial charge in [0.15, 0.2) is 11.5 Å². The van der Waals surface area contributed by atoms with Crippen LogP contribution in [0.15, 0.2) is 83.4 Å². The molecule has 0 fully saturated rings. The lowest BCUT2D eigenvalue weighted by molar-refractivity contribution is -0.145. The highest BCUT2D eigenvalue weighted by Crippen LogP contribution is 2.28. The molecule has 0 saturated carbocycles. The van der Waals surface area contributed by atoms with Gasteiger partial charge in [0.25, 0.3) is 11.4 Å². The summed E-state index contributed by atoms with van der Waals surface area (Å²) in [6.45, 7) is 9.48. The third-order valence-electron chi connectivity index (χ3n) is 7.39. The fourth-order valence-electron chi connectivity index (χ4n) is 4.64. The summed E-state index contributed by atoms with van der Waals surface area (Å²) < 4.78 is 38.4. The smallest absolute Gasteiger partial charge is 0.316 e. The summed E-state index contributed by atoms with van der Waals surface area (Å²) in [6, 6.07) is 18.6. The topological polar surface area (TPSA) is 152 Å². The number of benzene rings is 2. The Morgan fingerprint density at radius 1 is 0.698 bits per heavy atom. The summed E-state index contributed by atoms with van der Waals surface area (Å²) in [6.07, 6.45) is 3.94. The molecule has 0 aliphatic heterocycles. The number of nitrogens with one attached hydrogen (secondary N) is 1. The number of halogens is 3. The number of rotatable bonds is 18. The van der Waals surface area contributed by atoms with E-state index >= 15 is 0 Å². The first-order chi connectivity index (χ1) is 25.4. The van der Waals surface area contributed by atoms with E-state index in [1.54, 1.807) is 6.07 Å². The Hall–Kier alpha value is -3.56. The minimum Gasteiger partial charge on any atom is -0.494 e. The Labute approximate surface area is 335 Å². The largest absolute Gasteiger partial charge is 0.494 e. The average molecular weight is 934 g/mol. The second-order valence-corrected chi connectivity index (χ2v) is 14.9. The van der Waals surface area contributed by atoms with Gasteiger partial charge in [-0.3, -0.25) is 14.4 Å². The quantitative estimate of drug-likeness (QED) is 0.0577. The lowest BCUT2D eigenvalue weighted by atomic mass is 9.93. The molecule has 0 radical (unpaired) electrons. The highest BCUT2D eigenvalue weighted by atomic mass is 79.9. The van der Waals surface area contributed by atoms with Gasteiger partial charge in [-0.05, 0) is 91.2 Å². The number of carbonyl (C=O) groups excluding carboxylic acids is 2. The van der Waals surface area contributed by atoms with Crippen LogP contribution in [0.4, 0.5) is 0 Å². The van der Waals surface area contributed by atoms with Crippen LogP contribution >= 0.6 is 47.8 Å². The van der Waals surface area contributed by atoms with Crippen LogP contribution in [-0.4, -0.2) is 61.6 Å². The SMILES string of the molecule is BrCCCCOc1ccc(Br)cc1.COC(=O)C(c1cc(=O)[nH]o1)C(C)C.COC(=O)C(c1cc(OCCCCOc2ccc(Br)cc2)no1)C(C)C. The third-order valence-corrected chi connectivity index (χ3v) is 9.01. The van der Waals surface area contributed by atoms with Crippen LogP contribution in [0.2, 0.25) is 0 Å². The summed E-state index contributed by atoms with van der Waals surface area (Å²) in [5.41, 5.74) is -0.352. The molecule has 4 aromatic rings. The maximum atomic E-state index is 11.9. The lowest BCUT2D eigenvalue weighted by Gasteiger charge is -2.14. The lowest BCUT2D eigenvalue weighted by Crippen LogP contribution is -2.19. The zero-order valence-electron chi connectivity index (χ0n) is 30.9. The molecule has 4 rings (SSSR count). The van der Waals surface area contributed by atoms with E-state index in [4.69, 9.17) is 28.0 Å². The first kappa shape index (κ1) is 45.6. The molecule has 2 heterocycles. The van der Waals surface area contributed by atoms with Crippen molar-refractivity contribution in [3.8, 4) is 17.4 Å². The van der Waals surface area contributed by atoms with Gasteiger partial charge in [0.05, 0.1) is 34.0 Å². The van der Waals surface area contributed by atoms with Gasteiger partial charge in [0.2, 0.25) is 0 Å². The number of H-pyrrole nitrogens is 1. The molecule has 15 heteroatoms. The fourth-order valence-corrected chi connectivity index (χ4v) is 5.57. The Balaban J connectivity index is 0.000000303. The molecule has 2 aromatic carbocycles. The maximum Gasteiger partial charge on any atom is 0.316 e. The van der Waals surface area contributed by atoms with Gasteiger partial charge in [0.1, 0.15) is 23.3 Å². The fraction of sp³-hybridized carbons (Fsp3) is 0.474. The standard InChI is InChI=1S/C19H24BrNO5.C10H12Br2O.C9H13NO4/c1-13(2)18(19(22)23-3)16-12-17(21-26-16)25-11-5-4-10-24-15-8-6-14(20)7-9-15;11-7-1-2-8-13-10-5-3-9(12)4-6-10;1-5(2)8(9(12)13-3)6-4-7(11)10-14-6/h6-9,12-13,18H,4-5,10-11H2,1-3H3;3-6H,1-2,7-8H2;4-5,8H,1-3H3,(H,10,11). The number of methoxy groups -OCH3 is 2. The highest BCUT2D eigenvalue weighted by molar-refractivity contribution is 9.10. The zero-order chi connectivity index (χ0) is 39.2. The summed E-state index contributed by atoms with van der Waals surface area (Å²) >= 11 is 10.1. The molecule has 0 bridgehead atoms. The van der Waals surface area contributed by atoms with E-state index < -0.39 is 17.8 Å². The van der Waals surface area contributed by atoms with E-state index in [2.05, 4.69) is 62.8 Å². The van der Waals surface area contributed by atoms with Crippen molar-refractivity contribution in [1.29, 1.82) is 0 Å². The Kier molecular flexibility index (Phi) is 21.9.